The third-order valence-electron chi connectivity index (χ3n) is 3.18. The van der Waals surface area contributed by atoms with E-state index in [1.807, 2.05) is 37.3 Å². The quantitative estimate of drug-likeness (QED) is 0.668. The van der Waals surface area contributed by atoms with E-state index in [1.165, 1.54) is 4.57 Å². The van der Waals surface area contributed by atoms with E-state index < -0.39 is 0 Å². The molecule has 20 heavy (non-hydrogen) atoms. The summed E-state index contributed by atoms with van der Waals surface area (Å²) >= 11 is 0. The van der Waals surface area contributed by atoms with Crippen LogP contribution < -0.4 is 5.56 Å². The van der Waals surface area contributed by atoms with E-state index in [1.54, 1.807) is 18.3 Å². The molecule has 0 N–H and O–H groups in total. The zero-order valence-corrected chi connectivity index (χ0v) is 10.9. The number of fused-ring (bicyclic) bond motifs is 1. The number of hydrogen-bond acceptors (Lipinski definition) is 3. The minimum absolute atomic E-state index is 0.131. The third-order valence-corrected chi connectivity index (χ3v) is 3.18. The molecule has 4 heteroatoms. The number of benzene rings is 1. The molecule has 0 bridgehead atoms. The number of hydrogen-bond donors (Lipinski definition) is 0. The summed E-state index contributed by atoms with van der Waals surface area (Å²) in [6, 6.07) is 12.7. The van der Waals surface area contributed by atoms with Crippen LogP contribution in [0, 0.1) is 6.92 Å². The summed E-state index contributed by atoms with van der Waals surface area (Å²) in [7, 11) is 0. The molecule has 4 nitrogen and oxygen atoms in total. The van der Waals surface area contributed by atoms with Crippen molar-refractivity contribution >= 4 is 17.3 Å². The Morgan fingerprint density at radius 3 is 2.75 bits per heavy atom. The van der Waals surface area contributed by atoms with E-state index in [4.69, 9.17) is 0 Å². The third kappa shape index (κ3) is 1.91. The Morgan fingerprint density at radius 1 is 1.15 bits per heavy atom. The van der Waals surface area contributed by atoms with E-state index in [9.17, 15) is 9.59 Å². The van der Waals surface area contributed by atoms with Crippen molar-refractivity contribution in [1.82, 2.24) is 9.55 Å². The van der Waals surface area contributed by atoms with Crippen molar-refractivity contribution in [3.05, 3.63) is 70.1 Å². The van der Waals surface area contributed by atoms with Gasteiger partial charge in [-0.15, -0.1) is 0 Å². The highest BCUT2D eigenvalue weighted by atomic mass is 16.1. The van der Waals surface area contributed by atoms with Gasteiger partial charge in [0.25, 0.3) is 5.56 Å². The molecule has 2 heterocycles. The Kier molecular flexibility index (Phi) is 2.91. The lowest BCUT2D eigenvalue weighted by Gasteiger charge is -2.10. The number of nitrogens with zero attached hydrogens (tertiary/aromatic N) is 2. The van der Waals surface area contributed by atoms with Crippen LogP contribution >= 0.6 is 0 Å². The fourth-order valence-corrected chi connectivity index (χ4v) is 2.25. The Labute approximate surface area is 115 Å². The average Bonchev–Trinajstić information content (AvgIpc) is 2.46. The number of aromatic nitrogens is 2. The highest BCUT2D eigenvalue weighted by Gasteiger charge is 2.11. The van der Waals surface area contributed by atoms with Crippen molar-refractivity contribution in [1.29, 1.82) is 0 Å². The Morgan fingerprint density at radius 2 is 2.00 bits per heavy atom. The van der Waals surface area contributed by atoms with Gasteiger partial charge in [0.1, 0.15) is 5.65 Å². The molecule has 0 saturated carbocycles. The molecule has 0 spiro atoms. The van der Waals surface area contributed by atoms with Crippen LogP contribution in [0.3, 0.4) is 0 Å². The van der Waals surface area contributed by atoms with Crippen molar-refractivity contribution in [2.45, 2.75) is 6.92 Å². The number of rotatable bonds is 2. The maximum absolute atomic E-state index is 12.4. The molecule has 0 saturated heterocycles. The molecule has 0 atom stereocenters. The lowest BCUT2D eigenvalue weighted by atomic mass is 10.2. The van der Waals surface area contributed by atoms with Crippen LogP contribution in [0.2, 0.25) is 0 Å². The SMILES string of the molecule is Cc1cccc(-n2c(=O)c(C=O)cc3cccnc32)c1. The number of aldehydes is 1. The van der Waals surface area contributed by atoms with Crippen LogP contribution in [0.5, 0.6) is 0 Å². The van der Waals surface area contributed by atoms with Crippen LogP contribution in [0.25, 0.3) is 16.7 Å². The van der Waals surface area contributed by atoms with Gasteiger partial charge in [0.2, 0.25) is 0 Å². The highest BCUT2D eigenvalue weighted by Crippen LogP contribution is 2.16. The fraction of sp³-hybridized carbons (Fsp3) is 0.0625. The summed E-state index contributed by atoms with van der Waals surface area (Å²) < 4.78 is 1.48. The Hall–Kier alpha value is -2.75. The van der Waals surface area contributed by atoms with Crippen molar-refractivity contribution in [2.75, 3.05) is 0 Å². The standard InChI is InChI=1S/C16H12N2O2/c1-11-4-2-6-14(8-11)18-15-12(5-3-7-17-15)9-13(10-19)16(18)20/h2-10H,1H3. The van der Waals surface area contributed by atoms with Crippen LogP contribution in [0.4, 0.5) is 0 Å². The second-order valence-electron chi connectivity index (χ2n) is 4.61. The zero-order valence-electron chi connectivity index (χ0n) is 10.9. The molecule has 98 valence electrons. The van der Waals surface area contributed by atoms with Gasteiger partial charge in [-0.25, -0.2) is 4.98 Å². The van der Waals surface area contributed by atoms with Gasteiger partial charge in [0, 0.05) is 11.6 Å². The van der Waals surface area contributed by atoms with E-state index >= 15 is 0 Å². The summed E-state index contributed by atoms with van der Waals surface area (Å²) in [5.41, 5.74) is 2.08. The topological polar surface area (TPSA) is 52.0 Å². The largest absolute Gasteiger partial charge is 0.298 e. The lowest BCUT2D eigenvalue weighted by molar-refractivity contribution is 0.112. The van der Waals surface area contributed by atoms with Gasteiger partial charge in [-0.3, -0.25) is 14.2 Å². The van der Waals surface area contributed by atoms with Gasteiger partial charge >= 0.3 is 0 Å². The van der Waals surface area contributed by atoms with Gasteiger partial charge < -0.3 is 0 Å². The van der Waals surface area contributed by atoms with Gasteiger partial charge in [-0.05, 0) is 42.8 Å². The summed E-state index contributed by atoms with van der Waals surface area (Å²) in [6.07, 6.45) is 2.22. The van der Waals surface area contributed by atoms with Crippen molar-refractivity contribution in [2.24, 2.45) is 0 Å². The van der Waals surface area contributed by atoms with Crippen molar-refractivity contribution in [3.8, 4) is 5.69 Å². The highest BCUT2D eigenvalue weighted by molar-refractivity contribution is 5.85. The summed E-state index contributed by atoms with van der Waals surface area (Å²) in [5, 5.41) is 0.760. The van der Waals surface area contributed by atoms with Crippen LogP contribution in [-0.4, -0.2) is 15.8 Å². The monoisotopic (exact) mass is 264 g/mol. The normalized spacial score (nSPS) is 10.7. The molecular weight excluding hydrogens is 252 g/mol. The second-order valence-corrected chi connectivity index (χ2v) is 4.61. The summed E-state index contributed by atoms with van der Waals surface area (Å²) in [4.78, 5) is 27.8. The molecule has 0 radical (unpaired) electrons. The minimum atomic E-state index is -0.350. The van der Waals surface area contributed by atoms with E-state index in [-0.39, 0.29) is 11.1 Å². The zero-order chi connectivity index (χ0) is 14.1. The molecule has 2 aromatic heterocycles. The van der Waals surface area contributed by atoms with Crippen LogP contribution in [0.1, 0.15) is 15.9 Å². The molecule has 0 amide bonds. The molecule has 0 fully saturated rings. The first-order chi connectivity index (χ1) is 9.70. The Balaban J connectivity index is 2.47. The lowest BCUT2D eigenvalue weighted by Crippen LogP contribution is -2.23. The first-order valence-electron chi connectivity index (χ1n) is 6.24. The van der Waals surface area contributed by atoms with Gasteiger partial charge in [0.15, 0.2) is 6.29 Å². The van der Waals surface area contributed by atoms with E-state index in [2.05, 4.69) is 4.98 Å². The molecule has 3 aromatic rings. The first-order valence-corrected chi connectivity index (χ1v) is 6.24. The molecule has 0 aliphatic carbocycles. The van der Waals surface area contributed by atoms with Gasteiger partial charge in [-0.1, -0.05) is 12.1 Å². The van der Waals surface area contributed by atoms with Gasteiger partial charge in [0.05, 0.1) is 11.3 Å². The van der Waals surface area contributed by atoms with E-state index in [0.717, 1.165) is 10.9 Å². The first kappa shape index (κ1) is 12.3. The van der Waals surface area contributed by atoms with Crippen LogP contribution in [0.15, 0.2) is 53.5 Å². The van der Waals surface area contributed by atoms with Crippen LogP contribution in [-0.2, 0) is 0 Å². The number of carbonyl (C=O) groups is 1. The maximum atomic E-state index is 12.4. The predicted octanol–water partition coefficient (Wildman–Crippen LogP) is 2.51. The number of aryl methyl sites for hydroxylation is 1. The maximum Gasteiger partial charge on any atom is 0.267 e. The number of pyridine rings is 2. The Bertz CT molecular complexity index is 866. The van der Waals surface area contributed by atoms with Gasteiger partial charge in [-0.2, -0.15) is 0 Å². The molecule has 1 aromatic carbocycles. The minimum Gasteiger partial charge on any atom is -0.298 e. The van der Waals surface area contributed by atoms with Crippen molar-refractivity contribution in [3.63, 3.8) is 0 Å². The summed E-state index contributed by atoms with van der Waals surface area (Å²) in [6.45, 7) is 1.95. The smallest absolute Gasteiger partial charge is 0.267 e. The molecule has 0 aliphatic heterocycles. The molecular formula is C16H12N2O2. The summed E-state index contributed by atoms with van der Waals surface area (Å²) in [5.74, 6) is 0. The van der Waals surface area contributed by atoms with E-state index in [0.29, 0.717) is 17.6 Å². The van der Waals surface area contributed by atoms with Crippen molar-refractivity contribution < 1.29 is 4.79 Å². The molecule has 0 unspecified atom stereocenters. The predicted molar refractivity (Wildman–Crippen MR) is 77.5 cm³/mol. The second kappa shape index (κ2) is 4.74. The molecule has 3 rings (SSSR count). The number of carbonyl (C=O) groups excluding carboxylic acids is 1. The fourth-order valence-electron chi connectivity index (χ4n) is 2.25. The average molecular weight is 264 g/mol. The molecule has 0 aliphatic rings.